The molecule has 0 bridgehead atoms. The van der Waals surface area contributed by atoms with Gasteiger partial charge in [0.1, 0.15) is 5.75 Å². The van der Waals surface area contributed by atoms with Gasteiger partial charge in [0, 0.05) is 17.6 Å². The van der Waals surface area contributed by atoms with Crippen LogP contribution >= 0.6 is 11.3 Å². The quantitative estimate of drug-likeness (QED) is 0.813. The fraction of sp³-hybridized carbons (Fsp3) is 0.312. The molecule has 2 N–H and O–H groups in total. The maximum Gasteiger partial charge on any atom is 0.257 e. The Hall–Kier alpha value is -2.41. The van der Waals surface area contributed by atoms with Gasteiger partial charge in [0.05, 0.1) is 17.1 Å². The molecular formula is C16H19N3O3S. The van der Waals surface area contributed by atoms with Gasteiger partial charge in [0.15, 0.2) is 6.61 Å². The number of rotatable bonds is 7. The van der Waals surface area contributed by atoms with E-state index in [-0.39, 0.29) is 24.8 Å². The van der Waals surface area contributed by atoms with E-state index in [0.717, 1.165) is 10.7 Å². The normalized spacial score (nSPS) is 10.2. The van der Waals surface area contributed by atoms with Crippen LogP contribution in [0.25, 0.3) is 0 Å². The van der Waals surface area contributed by atoms with Gasteiger partial charge in [0.2, 0.25) is 5.91 Å². The highest BCUT2D eigenvalue weighted by Gasteiger charge is 2.07. The summed E-state index contributed by atoms with van der Waals surface area (Å²) in [6, 6.07) is 6.89. The zero-order valence-electron chi connectivity index (χ0n) is 13.1. The lowest BCUT2D eigenvalue weighted by molar-refractivity contribution is -0.123. The Labute approximate surface area is 138 Å². The second-order valence-corrected chi connectivity index (χ2v) is 5.91. The highest BCUT2D eigenvalue weighted by molar-refractivity contribution is 7.09. The molecule has 2 amide bonds. The van der Waals surface area contributed by atoms with Crippen LogP contribution in [-0.2, 0) is 16.0 Å². The van der Waals surface area contributed by atoms with Crippen molar-refractivity contribution in [2.24, 2.45) is 0 Å². The van der Waals surface area contributed by atoms with Crippen molar-refractivity contribution < 1.29 is 14.3 Å². The van der Waals surface area contributed by atoms with Crippen LogP contribution < -0.4 is 15.4 Å². The first-order valence-corrected chi connectivity index (χ1v) is 8.15. The van der Waals surface area contributed by atoms with Crippen molar-refractivity contribution in [1.29, 1.82) is 0 Å². The van der Waals surface area contributed by atoms with Crippen LogP contribution in [0, 0.1) is 6.92 Å². The zero-order chi connectivity index (χ0) is 16.7. The second-order valence-electron chi connectivity index (χ2n) is 4.85. The molecule has 0 atom stereocenters. The maximum atomic E-state index is 11.9. The minimum Gasteiger partial charge on any atom is -0.484 e. The monoisotopic (exact) mass is 333 g/mol. The molecule has 0 aliphatic rings. The van der Waals surface area contributed by atoms with Crippen LogP contribution in [0.5, 0.6) is 5.75 Å². The van der Waals surface area contributed by atoms with E-state index >= 15 is 0 Å². The summed E-state index contributed by atoms with van der Waals surface area (Å²) >= 11 is 1.53. The van der Waals surface area contributed by atoms with Gasteiger partial charge in [-0.1, -0.05) is 0 Å². The van der Waals surface area contributed by atoms with Gasteiger partial charge >= 0.3 is 0 Å². The molecule has 7 heteroatoms. The predicted octanol–water partition coefficient (Wildman–Crippen LogP) is 2.15. The van der Waals surface area contributed by atoms with Crippen LogP contribution in [0.15, 0.2) is 29.6 Å². The number of aromatic nitrogens is 1. The molecule has 0 aliphatic heterocycles. The highest BCUT2D eigenvalue weighted by atomic mass is 32.1. The molecule has 122 valence electrons. The molecule has 0 spiro atoms. The number of thiazole rings is 1. The van der Waals surface area contributed by atoms with Gasteiger partial charge in [-0.3, -0.25) is 9.59 Å². The number of likely N-dealkylation sites (N-methyl/N-ethyl adjacent to an activating group) is 1. The first-order chi connectivity index (χ1) is 11.1. The summed E-state index contributed by atoms with van der Waals surface area (Å²) in [4.78, 5) is 27.5. The number of nitrogens with one attached hydrogen (secondary N) is 2. The van der Waals surface area contributed by atoms with E-state index in [2.05, 4.69) is 15.6 Å². The van der Waals surface area contributed by atoms with Crippen molar-refractivity contribution in [3.63, 3.8) is 0 Å². The molecular weight excluding hydrogens is 314 g/mol. The van der Waals surface area contributed by atoms with Crippen molar-refractivity contribution in [3.05, 3.63) is 40.3 Å². The molecule has 0 radical (unpaired) electrons. The Morgan fingerprint density at radius 1 is 1.22 bits per heavy atom. The topological polar surface area (TPSA) is 80.3 Å². The lowest BCUT2D eigenvalue weighted by Gasteiger charge is -2.08. The summed E-state index contributed by atoms with van der Waals surface area (Å²) in [5.41, 5.74) is 1.44. The maximum absolute atomic E-state index is 11.9. The Morgan fingerprint density at radius 3 is 2.57 bits per heavy atom. The number of hydrogen-bond donors (Lipinski definition) is 2. The summed E-state index contributed by atoms with van der Waals surface area (Å²) in [5, 5.41) is 8.28. The molecule has 2 rings (SSSR count). The fourth-order valence-electron chi connectivity index (χ4n) is 1.89. The average molecular weight is 333 g/mol. The van der Waals surface area contributed by atoms with Crippen LogP contribution in [0.4, 0.5) is 5.69 Å². The number of carbonyl (C=O) groups excluding carboxylic acids is 2. The number of ether oxygens (including phenoxy) is 1. The third-order valence-corrected chi connectivity index (χ3v) is 3.71. The number of anilines is 1. The Morgan fingerprint density at radius 2 is 1.96 bits per heavy atom. The van der Waals surface area contributed by atoms with E-state index in [1.807, 2.05) is 19.2 Å². The number of carbonyl (C=O) groups is 2. The number of nitrogens with zero attached hydrogens (tertiary/aromatic N) is 1. The Kier molecular flexibility index (Phi) is 6.10. The molecule has 2 aromatic rings. The summed E-state index contributed by atoms with van der Waals surface area (Å²) < 4.78 is 5.35. The smallest absolute Gasteiger partial charge is 0.257 e. The molecule has 1 heterocycles. The van der Waals surface area contributed by atoms with Crippen molar-refractivity contribution in [2.45, 2.75) is 20.3 Å². The average Bonchev–Trinajstić information content (AvgIpc) is 2.92. The summed E-state index contributed by atoms with van der Waals surface area (Å²) in [6.45, 7) is 4.31. The first kappa shape index (κ1) is 17.0. The van der Waals surface area contributed by atoms with Crippen LogP contribution in [0.2, 0.25) is 0 Å². The lowest BCUT2D eigenvalue weighted by atomic mass is 10.2. The molecule has 0 fully saturated rings. The van der Waals surface area contributed by atoms with Crippen molar-refractivity contribution >= 4 is 28.8 Å². The predicted molar refractivity (Wildman–Crippen MR) is 89.8 cm³/mol. The Bertz CT molecular complexity index is 667. The number of amides is 2. The van der Waals surface area contributed by atoms with Gasteiger partial charge in [-0.2, -0.15) is 0 Å². The standard InChI is InChI=1S/C16H19N3O3S/c1-3-17-16(21)9-22-14-6-4-12(5-7-14)19-15(20)8-13-10-23-11(2)18-13/h4-7,10H,3,8-9H2,1-2H3,(H,17,21)(H,19,20). The van der Waals surface area contributed by atoms with E-state index in [9.17, 15) is 9.59 Å². The van der Waals surface area contributed by atoms with Crippen molar-refractivity contribution in [3.8, 4) is 5.75 Å². The molecule has 0 aliphatic carbocycles. The van der Waals surface area contributed by atoms with Gasteiger partial charge in [0.25, 0.3) is 5.91 Å². The van der Waals surface area contributed by atoms with Gasteiger partial charge in [-0.25, -0.2) is 4.98 Å². The molecule has 1 aromatic heterocycles. The van der Waals surface area contributed by atoms with Crippen LogP contribution in [0.1, 0.15) is 17.6 Å². The number of aryl methyl sites for hydroxylation is 1. The summed E-state index contributed by atoms with van der Waals surface area (Å²) in [6.07, 6.45) is 0.250. The highest BCUT2D eigenvalue weighted by Crippen LogP contribution is 2.16. The zero-order valence-corrected chi connectivity index (χ0v) is 13.9. The molecule has 0 unspecified atom stereocenters. The molecule has 1 aromatic carbocycles. The summed E-state index contributed by atoms with van der Waals surface area (Å²) in [7, 11) is 0. The number of hydrogen-bond acceptors (Lipinski definition) is 5. The van der Waals surface area contributed by atoms with Crippen molar-refractivity contribution in [1.82, 2.24) is 10.3 Å². The van der Waals surface area contributed by atoms with E-state index < -0.39 is 0 Å². The minimum absolute atomic E-state index is 0.0251. The van der Waals surface area contributed by atoms with Gasteiger partial charge in [-0.05, 0) is 38.1 Å². The summed E-state index contributed by atoms with van der Waals surface area (Å²) in [5.74, 6) is 0.291. The number of benzene rings is 1. The van der Waals surface area contributed by atoms with Gasteiger partial charge in [-0.15, -0.1) is 11.3 Å². The van der Waals surface area contributed by atoms with E-state index in [0.29, 0.717) is 18.0 Å². The van der Waals surface area contributed by atoms with Crippen LogP contribution in [-0.4, -0.2) is 29.9 Å². The third-order valence-electron chi connectivity index (χ3n) is 2.89. The molecule has 23 heavy (non-hydrogen) atoms. The molecule has 0 saturated carbocycles. The SMILES string of the molecule is CCNC(=O)COc1ccc(NC(=O)Cc2csc(C)n2)cc1. The van der Waals surface area contributed by atoms with Crippen LogP contribution in [0.3, 0.4) is 0 Å². The minimum atomic E-state index is -0.163. The largest absolute Gasteiger partial charge is 0.484 e. The van der Waals surface area contributed by atoms with Gasteiger partial charge < -0.3 is 15.4 Å². The van der Waals surface area contributed by atoms with E-state index in [4.69, 9.17) is 4.74 Å². The third kappa shape index (κ3) is 5.71. The van der Waals surface area contributed by atoms with E-state index in [1.54, 1.807) is 24.3 Å². The van der Waals surface area contributed by atoms with E-state index in [1.165, 1.54) is 11.3 Å². The fourth-order valence-corrected chi connectivity index (χ4v) is 2.50. The Balaban J connectivity index is 1.82. The lowest BCUT2D eigenvalue weighted by Crippen LogP contribution is -2.28. The molecule has 0 saturated heterocycles. The first-order valence-electron chi connectivity index (χ1n) is 7.27. The molecule has 6 nitrogen and oxygen atoms in total. The second kappa shape index (κ2) is 8.28. The van der Waals surface area contributed by atoms with Crippen molar-refractivity contribution in [2.75, 3.05) is 18.5 Å².